The second kappa shape index (κ2) is 8.48. The van der Waals surface area contributed by atoms with Crippen molar-refractivity contribution in [2.24, 2.45) is 5.73 Å². The standard InChI is InChI=1S/C17H22N2O6/c1-23-15(20)13(18)10-11-5-7-12(8-6-11)25-17(22)19-9-3-4-14(19)16(21)24-2/h5-8,13-14H,3-4,9-10,18H2,1-2H3/t13-,14+/m0/s1. The van der Waals surface area contributed by atoms with Crippen LogP contribution in [0.15, 0.2) is 24.3 Å². The highest BCUT2D eigenvalue weighted by Gasteiger charge is 2.36. The molecule has 2 atom stereocenters. The van der Waals surface area contributed by atoms with Crippen molar-refractivity contribution >= 4 is 18.0 Å². The van der Waals surface area contributed by atoms with E-state index in [9.17, 15) is 14.4 Å². The van der Waals surface area contributed by atoms with Crippen molar-refractivity contribution in [3.05, 3.63) is 29.8 Å². The van der Waals surface area contributed by atoms with E-state index in [0.717, 1.165) is 12.0 Å². The second-order valence-electron chi connectivity index (χ2n) is 5.72. The Morgan fingerprint density at radius 3 is 2.48 bits per heavy atom. The Morgan fingerprint density at radius 2 is 1.88 bits per heavy atom. The molecule has 1 heterocycles. The number of methoxy groups -OCH3 is 2. The van der Waals surface area contributed by atoms with Crippen LogP contribution in [0.2, 0.25) is 0 Å². The van der Waals surface area contributed by atoms with Crippen LogP contribution in [0.4, 0.5) is 4.79 Å². The molecule has 0 aromatic heterocycles. The summed E-state index contributed by atoms with van der Waals surface area (Å²) in [5, 5.41) is 0. The number of nitrogens with two attached hydrogens (primary N) is 1. The van der Waals surface area contributed by atoms with Crippen molar-refractivity contribution < 1.29 is 28.6 Å². The molecule has 0 aliphatic carbocycles. The van der Waals surface area contributed by atoms with E-state index >= 15 is 0 Å². The number of amides is 1. The lowest BCUT2D eigenvalue weighted by atomic mass is 10.1. The first-order valence-electron chi connectivity index (χ1n) is 7.95. The molecule has 1 aliphatic rings. The first-order chi connectivity index (χ1) is 12.0. The SMILES string of the molecule is COC(=O)[C@H]1CCCN1C(=O)Oc1ccc(C[C@H](N)C(=O)OC)cc1. The zero-order valence-corrected chi connectivity index (χ0v) is 14.3. The Hall–Kier alpha value is -2.61. The van der Waals surface area contributed by atoms with Gasteiger partial charge in [0, 0.05) is 6.54 Å². The summed E-state index contributed by atoms with van der Waals surface area (Å²) in [6.45, 7) is 0.449. The Balaban J connectivity index is 1.95. The number of carbonyl (C=O) groups is 3. The third-order valence-corrected chi connectivity index (χ3v) is 4.05. The molecule has 1 aromatic carbocycles. The highest BCUT2D eigenvalue weighted by atomic mass is 16.6. The summed E-state index contributed by atoms with van der Waals surface area (Å²) >= 11 is 0. The first kappa shape index (κ1) is 18.7. The van der Waals surface area contributed by atoms with Gasteiger partial charge in [-0.1, -0.05) is 12.1 Å². The number of benzene rings is 1. The highest BCUT2D eigenvalue weighted by Crippen LogP contribution is 2.21. The van der Waals surface area contributed by atoms with Crippen molar-refractivity contribution in [1.29, 1.82) is 0 Å². The molecule has 0 radical (unpaired) electrons. The van der Waals surface area contributed by atoms with Gasteiger partial charge in [0.15, 0.2) is 0 Å². The number of rotatable bonds is 5. The summed E-state index contributed by atoms with van der Waals surface area (Å²) in [5.74, 6) is -0.587. The molecular formula is C17H22N2O6. The summed E-state index contributed by atoms with van der Waals surface area (Å²) in [5.41, 5.74) is 6.52. The minimum absolute atomic E-state index is 0.317. The average Bonchev–Trinajstić information content (AvgIpc) is 3.11. The summed E-state index contributed by atoms with van der Waals surface area (Å²) in [7, 11) is 2.58. The molecule has 25 heavy (non-hydrogen) atoms. The van der Waals surface area contributed by atoms with E-state index in [1.54, 1.807) is 24.3 Å². The van der Waals surface area contributed by atoms with Gasteiger partial charge < -0.3 is 19.9 Å². The molecule has 2 rings (SSSR count). The van der Waals surface area contributed by atoms with Crippen molar-refractivity contribution in [1.82, 2.24) is 4.90 Å². The highest BCUT2D eigenvalue weighted by molar-refractivity contribution is 5.82. The molecule has 1 aromatic rings. The van der Waals surface area contributed by atoms with Crippen LogP contribution in [0, 0.1) is 0 Å². The third-order valence-electron chi connectivity index (χ3n) is 4.05. The molecule has 2 N–H and O–H groups in total. The molecule has 8 nitrogen and oxygen atoms in total. The number of carbonyl (C=O) groups excluding carboxylic acids is 3. The van der Waals surface area contributed by atoms with E-state index in [-0.39, 0.29) is 0 Å². The van der Waals surface area contributed by atoms with E-state index in [4.69, 9.17) is 15.2 Å². The van der Waals surface area contributed by atoms with Gasteiger partial charge in [-0.2, -0.15) is 0 Å². The van der Waals surface area contributed by atoms with E-state index in [1.165, 1.54) is 19.1 Å². The Bertz CT molecular complexity index is 631. The average molecular weight is 350 g/mol. The molecule has 1 fully saturated rings. The van der Waals surface area contributed by atoms with Crippen LogP contribution in [0.5, 0.6) is 5.75 Å². The quantitative estimate of drug-likeness (QED) is 0.785. The number of hydrogen-bond acceptors (Lipinski definition) is 7. The molecule has 1 amide bonds. The smallest absolute Gasteiger partial charge is 0.415 e. The number of nitrogens with zero attached hydrogens (tertiary/aromatic N) is 1. The van der Waals surface area contributed by atoms with Crippen LogP contribution in [0.3, 0.4) is 0 Å². The summed E-state index contributed by atoms with van der Waals surface area (Å²) < 4.78 is 14.6. The maximum atomic E-state index is 12.3. The zero-order valence-electron chi connectivity index (χ0n) is 14.3. The van der Waals surface area contributed by atoms with Gasteiger partial charge in [-0.15, -0.1) is 0 Å². The van der Waals surface area contributed by atoms with E-state index in [1.807, 2.05) is 0 Å². The van der Waals surface area contributed by atoms with Crippen LogP contribution in [-0.2, 0) is 25.5 Å². The molecular weight excluding hydrogens is 328 g/mol. The molecule has 1 saturated heterocycles. The van der Waals surface area contributed by atoms with Crippen LogP contribution in [0.25, 0.3) is 0 Å². The van der Waals surface area contributed by atoms with Gasteiger partial charge >= 0.3 is 18.0 Å². The number of likely N-dealkylation sites (tertiary alicyclic amines) is 1. The lowest BCUT2D eigenvalue weighted by molar-refractivity contribution is -0.145. The molecule has 0 saturated carbocycles. The molecule has 136 valence electrons. The number of ether oxygens (including phenoxy) is 3. The third kappa shape index (κ3) is 4.69. The number of hydrogen-bond donors (Lipinski definition) is 1. The van der Waals surface area contributed by atoms with Crippen molar-refractivity contribution in [3.63, 3.8) is 0 Å². The second-order valence-corrected chi connectivity index (χ2v) is 5.72. The fourth-order valence-electron chi connectivity index (χ4n) is 2.71. The van der Waals surface area contributed by atoms with Crippen LogP contribution in [0.1, 0.15) is 18.4 Å². The molecule has 0 spiro atoms. The maximum Gasteiger partial charge on any atom is 0.415 e. The largest absolute Gasteiger partial charge is 0.468 e. The van der Waals surface area contributed by atoms with Gasteiger partial charge in [-0.3, -0.25) is 9.69 Å². The summed E-state index contributed by atoms with van der Waals surface area (Å²) in [4.78, 5) is 36.6. The summed E-state index contributed by atoms with van der Waals surface area (Å²) in [6.07, 6.45) is 1.01. The van der Waals surface area contributed by atoms with Gasteiger partial charge in [0.05, 0.1) is 14.2 Å². The molecule has 0 unspecified atom stereocenters. The monoisotopic (exact) mass is 350 g/mol. The van der Waals surface area contributed by atoms with Gasteiger partial charge in [0.2, 0.25) is 0 Å². The predicted octanol–water partition coefficient (Wildman–Crippen LogP) is 0.866. The maximum absolute atomic E-state index is 12.3. The minimum atomic E-state index is -0.746. The van der Waals surface area contributed by atoms with Gasteiger partial charge in [-0.05, 0) is 37.0 Å². The molecule has 0 bridgehead atoms. The van der Waals surface area contributed by atoms with Crippen LogP contribution in [-0.4, -0.2) is 55.8 Å². The molecule has 8 heteroatoms. The normalized spacial score (nSPS) is 17.7. The van der Waals surface area contributed by atoms with E-state index in [0.29, 0.717) is 25.1 Å². The van der Waals surface area contributed by atoms with Crippen LogP contribution >= 0.6 is 0 Å². The number of esters is 2. The topological polar surface area (TPSA) is 108 Å². The fraction of sp³-hybridized carbons (Fsp3) is 0.471. The zero-order chi connectivity index (χ0) is 18.4. The van der Waals surface area contributed by atoms with Gasteiger partial charge in [-0.25, -0.2) is 9.59 Å². The van der Waals surface area contributed by atoms with Crippen molar-refractivity contribution in [2.45, 2.75) is 31.3 Å². The van der Waals surface area contributed by atoms with E-state index in [2.05, 4.69) is 4.74 Å². The van der Waals surface area contributed by atoms with Crippen LogP contribution < -0.4 is 10.5 Å². The lowest BCUT2D eigenvalue weighted by Crippen LogP contribution is -2.42. The Labute approximate surface area is 145 Å². The van der Waals surface area contributed by atoms with E-state index < -0.39 is 30.1 Å². The van der Waals surface area contributed by atoms with Crippen molar-refractivity contribution in [3.8, 4) is 5.75 Å². The fourth-order valence-corrected chi connectivity index (χ4v) is 2.71. The predicted molar refractivity (Wildman–Crippen MR) is 87.9 cm³/mol. The summed E-state index contributed by atoms with van der Waals surface area (Å²) in [6, 6.07) is 5.31. The van der Waals surface area contributed by atoms with Gasteiger partial charge in [0.25, 0.3) is 0 Å². The minimum Gasteiger partial charge on any atom is -0.468 e. The first-order valence-corrected chi connectivity index (χ1v) is 7.95. The van der Waals surface area contributed by atoms with Gasteiger partial charge in [0.1, 0.15) is 17.8 Å². The Kier molecular flexibility index (Phi) is 6.35. The Morgan fingerprint density at radius 1 is 1.20 bits per heavy atom. The van der Waals surface area contributed by atoms with Crippen molar-refractivity contribution in [2.75, 3.05) is 20.8 Å². The molecule has 1 aliphatic heterocycles. The lowest BCUT2D eigenvalue weighted by Gasteiger charge is -2.21.